The average molecular weight is 168 g/mol. The third kappa shape index (κ3) is 1.50. The van der Waals surface area contributed by atoms with Gasteiger partial charge in [-0.15, -0.1) is 0 Å². The molecular weight excluding hydrogens is 148 g/mol. The molecule has 2 unspecified atom stereocenters. The summed E-state index contributed by atoms with van der Waals surface area (Å²) in [4.78, 5) is 2.74. The van der Waals surface area contributed by atoms with Crippen LogP contribution in [0.3, 0.4) is 0 Å². The fourth-order valence-electron chi connectivity index (χ4n) is 2.72. The quantitative estimate of drug-likeness (QED) is 0.667. The van der Waals surface area contributed by atoms with Gasteiger partial charge in [-0.05, 0) is 19.3 Å². The standard InChI is InChI=1S/C10H20N2/c1-2-3-9-4-5-10-8-11-6-7-12(9)10/h9-11H,2-8H2,1H3. The lowest BCUT2D eigenvalue weighted by Gasteiger charge is -2.34. The highest BCUT2D eigenvalue weighted by Gasteiger charge is 2.33. The zero-order chi connectivity index (χ0) is 8.39. The highest BCUT2D eigenvalue weighted by molar-refractivity contribution is 4.91. The summed E-state index contributed by atoms with van der Waals surface area (Å²) in [6, 6.07) is 1.79. The Morgan fingerprint density at radius 3 is 3.17 bits per heavy atom. The third-order valence-electron chi connectivity index (χ3n) is 3.32. The first-order chi connectivity index (χ1) is 5.92. The smallest absolute Gasteiger partial charge is 0.0224 e. The van der Waals surface area contributed by atoms with Gasteiger partial charge < -0.3 is 5.32 Å². The number of nitrogens with zero attached hydrogens (tertiary/aromatic N) is 1. The highest BCUT2D eigenvalue weighted by atomic mass is 15.3. The fourth-order valence-corrected chi connectivity index (χ4v) is 2.72. The van der Waals surface area contributed by atoms with Crippen LogP contribution in [-0.2, 0) is 0 Å². The minimum Gasteiger partial charge on any atom is -0.314 e. The summed E-state index contributed by atoms with van der Waals surface area (Å²) in [5.41, 5.74) is 0. The molecule has 2 saturated heterocycles. The number of fused-ring (bicyclic) bond motifs is 1. The maximum absolute atomic E-state index is 3.48. The number of nitrogens with one attached hydrogen (secondary N) is 1. The largest absolute Gasteiger partial charge is 0.314 e. The predicted octanol–water partition coefficient (Wildman–Crippen LogP) is 1.22. The van der Waals surface area contributed by atoms with E-state index >= 15 is 0 Å². The van der Waals surface area contributed by atoms with Gasteiger partial charge in [-0.2, -0.15) is 0 Å². The van der Waals surface area contributed by atoms with Gasteiger partial charge in [0.25, 0.3) is 0 Å². The molecule has 2 rings (SSSR count). The number of hydrogen-bond acceptors (Lipinski definition) is 2. The lowest BCUT2D eigenvalue weighted by molar-refractivity contribution is 0.155. The highest BCUT2D eigenvalue weighted by Crippen LogP contribution is 2.27. The van der Waals surface area contributed by atoms with Gasteiger partial charge in [0, 0.05) is 31.7 Å². The molecular formula is C10H20N2. The van der Waals surface area contributed by atoms with Gasteiger partial charge in [0.1, 0.15) is 0 Å². The van der Waals surface area contributed by atoms with Crippen molar-refractivity contribution in [2.75, 3.05) is 19.6 Å². The SMILES string of the molecule is CCCC1CCC2CNCCN12. The van der Waals surface area contributed by atoms with Crippen LogP contribution in [-0.4, -0.2) is 36.6 Å². The van der Waals surface area contributed by atoms with E-state index in [9.17, 15) is 0 Å². The molecule has 0 aromatic rings. The van der Waals surface area contributed by atoms with Gasteiger partial charge in [-0.3, -0.25) is 4.90 Å². The van der Waals surface area contributed by atoms with Crippen molar-refractivity contribution in [3.05, 3.63) is 0 Å². The second-order valence-electron chi connectivity index (χ2n) is 4.12. The molecule has 0 aromatic carbocycles. The van der Waals surface area contributed by atoms with Crippen molar-refractivity contribution >= 4 is 0 Å². The van der Waals surface area contributed by atoms with Crippen molar-refractivity contribution in [2.45, 2.75) is 44.7 Å². The van der Waals surface area contributed by atoms with E-state index in [2.05, 4.69) is 17.1 Å². The molecule has 2 heteroatoms. The number of piperazine rings is 1. The molecule has 2 heterocycles. The Morgan fingerprint density at radius 1 is 1.42 bits per heavy atom. The normalized spacial score (nSPS) is 36.8. The summed E-state index contributed by atoms with van der Waals surface area (Å²) in [5, 5.41) is 3.48. The first kappa shape index (κ1) is 8.52. The summed E-state index contributed by atoms with van der Waals surface area (Å²) >= 11 is 0. The van der Waals surface area contributed by atoms with E-state index in [0.29, 0.717) is 0 Å². The Balaban J connectivity index is 1.92. The molecule has 2 atom stereocenters. The molecule has 2 aliphatic heterocycles. The zero-order valence-electron chi connectivity index (χ0n) is 8.05. The maximum Gasteiger partial charge on any atom is 0.0224 e. The van der Waals surface area contributed by atoms with Crippen LogP contribution in [0.4, 0.5) is 0 Å². The summed E-state index contributed by atoms with van der Waals surface area (Å²) in [6.07, 6.45) is 5.63. The summed E-state index contributed by atoms with van der Waals surface area (Å²) in [5.74, 6) is 0. The minimum absolute atomic E-state index is 0.871. The van der Waals surface area contributed by atoms with Gasteiger partial charge in [0.2, 0.25) is 0 Å². The van der Waals surface area contributed by atoms with Gasteiger partial charge in [0.15, 0.2) is 0 Å². The molecule has 0 aliphatic carbocycles. The molecule has 2 aliphatic rings. The average Bonchev–Trinajstić information content (AvgIpc) is 2.50. The van der Waals surface area contributed by atoms with Crippen molar-refractivity contribution in [1.29, 1.82) is 0 Å². The van der Waals surface area contributed by atoms with Crippen LogP contribution in [0.15, 0.2) is 0 Å². The van der Waals surface area contributed by atoms with Crippen molar-refractivity contribution in [1.82, 2.24) is 10.2 Å². The van der Waals surface area contributed by atoms with E-state index in [1.54, 1.807) is 0 Å². The van der Waals surface area contributed by atoms with Crippen molar-refractivity contribution < 1.29 is 0 Å². The first-order valence-corrected chi connectivity index (χ1v) is 5.38. The Kier molecular flexibility index (Phi) is 2.66. The molecule has 0 bridgehead atoms. The van der Waals surface area contributed by atoms with E-state index in [1.807, 2.05) is 0 Å². The Labute approximate surface area is 75.3 Å². The Hall–Kier alpha value is -0.0800. The molecule has 12 heavy (non-hydrogen) atoms. The lowest BCUT2D eigenvalue weighted by atomic mass is 10.1. The van der Waals surface area contributed by atoms with Crippen molar-refractivity contribution in [3.8, 4) is 0 Å². The van der Waals surface area contributed by atoms with Crippen LogP contribution in [0.2, 0.25) is 0 Å². The molecule has 0 aromatic heterocycles. The van der Waals surface area contributed by atoms with Gasteiger partial charge in [0.05, 0.1) is 0 Å². The van der Waals surface area contributed by atoms with E-state index in [-0.39, 0.29) is 0 Å². The molecule has 0 saturated carbocycles. The van der Waals surface area contributed by atoms with Crippen LogP contribution >= 0.6 is 0 Å². The van der Waals surface area contributed by atoms with E-state index in [1.165, 1.54) is 45.3 Å². The van der Waals surface area contributed by atoms with Crippen LogP contribution in [0.5, 0.6) is 0 Å². The minimum atomic E-state index is 0.871. The van der Waals surface area contributed by atoms with Gasteiger partial charge in [-0.1, -0.05) is 13.3 Å². The molecule has 0 radical (unpaired) electrons. The predicted molar refractivity (Wildman–Crippen MR) is 51.3 cm³/mol. The van der Waals surface area contributed by atoms with Gasteiger partial charge >= 0.3 is 0 Å². The van der Waals surface area contributed by atoms with Crippen LogP contribution in [0, 0.1) is 0 Å². The van der Waals surface area contributed by atoms with Crippen LogP contribution in [0.1, 0.15) is 32.6 Å². The van der Waals surface area contributed by atoms with Gasteiger partial charge in [-0.25, -0.2) is 0 Å². The Bertz CT molecular complexity index is 147. The van der Waals surface area contributed by atoms with Crippen LogP contribution < -0.4 is 5.32 Å². The summed E-state index contributed by atoms with van der Waals surface area (Å²) < 4.78 is 0. The number of rotatable bonds is 2. The monoisotopic (exact) mass is 168 g/mol. The summed E-state index contributed by atoms with van der Waals surface area (Å²) in [6.45, 7) is 6.03. The molecule has 0 amide bonds. The molecule has 2 fully saturated rings. The second kappa shape index (κ2) is 3.75. The van der Waals surface area contributed by atoms with E-state index < -0.39 is 0 Å². The third-order valence-corrected chi connectivity index (χ3v) is 3.32. The molecule has 2 nitrogen and oxygen atoms in total. The first-order valence-electron chi connectivity index (χ1n) is 5.38. The Morgan fingerprint density at radius 2 is 2.33 bits per heavy atom. The molecule has 0 spiro atoms. The van der Waals surface area contributed by atoms with Crippen molar-refractivity contribution in [3.63, 3.8) is 0 Å². The van der Waals surface area contributed by atoms with Crippen LogP contribution in [0.25, 0.3) is 0 Å². The fraction of sp³-hybridized carbons (Fsp3) is 1.00. The molecule has 70 valence electrons. The van der Waals surface area contributed by atoms with E-state index in [0.717, 1.165) is 12.1 Å². The second-order valence-corrected chi connectivity index (χ2v) is 4.12. The van der Waals surface area contributed by atoms with E-state index in [4.69, 9.17) is 0 Å². The lowest BCUT2D eigenvalue weighted by Crippen LogP contribution is -2.50. The zero-order valence-corrected chi connectivity index (χ0v) is 8.05. The summed E-state index contributed by atoms with van der Waals surface area (Å²) in [7, 11) is 0. The van der Waals surface area contributed by atoms with Crippen molar-refractivity contribution in [2.24, 2.45) is 0 Å². The molecule has 1 N–H and O–H groups in total. The topological polar surface area (TPSA) is 15.3 Å². The maximum atomic E-state index is 3.48. The number of hydrogen-bond donors (Lipinski definition) is 1.